The summed E-state index contributed by atoms with van der Waals surface area (Å²) in [4.78, 5) is 1.36. The van der Waals surface area contributed by atoms with Gasteiger partial charge in [0.1, 0.15) is 11.8 Å². The number of alkyl halides is 1. The van der Waals surface area contributed by atoms with Crippen LogP contribution in [0.3, 0.4) is 0 Å². The van der Waals surface area contributed by atoms with Gasteiger partial charge < -0.3 is 0 Å². The van der Waals surface area contributed by atoms with E-state index in [4.69, 9.17) is 11.6 Å². The SMILES string of the molecule is N#Cc1cc(CCl)ccc1-n1nnc(-c2ccccc2)n1. The van der Waals surface area contributed by atoms with Gasteiger partial charge in [-0.2, -0.15) is 5.26 Å². The summed E-state index contributed by atoms with van der Waals surface area (Å²) in [7, 11) is 0. The van der Waals surface area contributed by atoms with Gasteiger partial charge in [-0.1, -0.05) is 36.4 Å². The Labute approximate surface area is 126 Å². The molecule has 0 amide bonds. The molecule has 5 nitrogen and oxygen atoms in total. The maximum Gasteiger partial charge on any atom is 0.205 e. The summed E-state index contributed by atoms with van der Waals surface area (Å²) < 4.78 is 0. The first-order chi connectivity index (χ1) is 10.3. The van der Waals surface area contributed by atoms with Crippen LogP contribution >= 0.6 is 11.6 Å². The smallest absolute Gasteiger partial charge is 0.192 e. The van der Waals surface area contributed by atoms with Crippen LogP contribution in [0.2, 0.25) is 0 Å². The normalized spacial score (nSPS) is 10.3. The summed E-state index contributed by atoms with van der Waals surface area (Å²) in [6.45, 7) is 0. The van der Waals surface area contributed by atoms with Crippen LogP contribution in [0.15, 0.2) is 48.5 Å². The molecule has 0 aliphatic heterocycles. The summed E-state index contributed by atoms with van der Waals surface area (Å²) >= 11 is 5.78. The third kappa shape index (κ3) is 2.62. The van der Waals surface area contributed by atoms with Crippen molar-refractivity contribution in [1.29, 1.82) is 5.26 Å². The van der Waals surface area contributed by atoms with E-state index in [1.54, 1.807) is 12.1 Å². The minimum absolute atomic E-state index is 0.356. The molecule has 0 fully saturated rings. The Hall–Kier alpha value is -2.71. The van der Waals surface area contributed by atoms with Crippen LogP contribution in [-0.4, -0.2) is 20.2 Å². The van der Waals surface area contributed by atoms with Gasteiger partial charge in [0.25, 0.3) is 0 Å². The number of rotatable bonds is 3. The molecule has 0 saturated carbocycles. The number of benzene rings is 2. The Morgan fingerprint density at radius 1 is 1.14 bits per heavy atom. The van der Waals surface area contributed by atoms with Crippen LogP contribution in [0.5, 0.6) is 0 Å². The van der Waals surface area contributed by atoms with Crippen molar-refractivity contribution in [3.63, 3.8) is 0 Å². The summed E-state index contributed by atoms with van der Waals surface area (Å²) in [5.74, 6) is 0.871. The molecule has 1 aromatic heterocycles. The van der Waals surface area contributed by atoms with Crippen molar-refractivity contribution in [1.82, 2.24) is 20.2 Å². The fraction of sp³-hybridized carbons (Fsp3) is 0.0667. The molecule has 3 aromatic rings. The highest BCUT2D eigenvalue weighted by atomic mass is 35.5. The van der Waals surface area contributed by atoms with Crippen molar-refractivity contribution in [2.75, 3.05) is 0 Å². The number of halogens is 1. The van der Waals surface area contributed by atoms with E-state index in [2.05, 4.69) is 21.5 Å². The van der Waals surface area contributed by atoms with E-state index < -0.39 is 0 Å². The summed E-state index contributed by atoms with van der Waals surface area (Å²) in [6.07, 6.45) is 0. The number of aromatic nitrogens is 4. The van der Waals surface area contributed by atoms with Gasteiger partial charge in [0.2, 0.25) is 5.82 Å². The minimum atomic E-state index is 0.356. The molecule has 0 spiro atoms. The van der Waals surface area contributed by atoms with Gasteiger partial charge in [0, 0.05) is 11.4 Å². The molecule has 0 aliphatic rings. The molecule has 1 heterocycles. The largest absolute Gasteiger partial charge is 0.205 e. The first-order valence-corrected chi connectivity index (χ1v) is 6.80. The molecule has 6 heteroatoms. The quantitative estimate of drug-likeness (QED) is 0.697. The molecule has 0 atom stereocenters. The van der Waals surface area contributed by atoms with Crippen LogP contribution in [0.4, 0.5) is 0 Å². The highest BCUT2D eigenvalue weighted by molar-refractivity contribution is 6.17. The van der Waals surface area contributed by atoms with E-state index in [0.29, 0.717) is 23.0 Å². The van der Waals surface area contributed by atoms with Crippen molar-refractivity contribution in [3.8, 4) is 23.1 Å². The van der Waals surface area contributed by atoms with Crippen LogP contribution in [-0.2, 0) is 5.88 Å². The standard InChI is InChI=1S/C15H10ClN5/c16-9-11-6-7-14(13(8-11)10-17)21-19-15(18-20-21)12-4-2-1-3-5-12/h1-8H,9H2. The molecular formula is C15H10ClN5. The maximum absolute atomic E-state index is 9.24. The van der Waals surface area contributed by atoms with Crippen LogP contribution in [0.1, 0.15) is 11.1 Å². The van der Waals surface area contributed by atoms with Crippen molar-refractivity contribution in [2.24, 2.45) is 0 Å². The van der Waals surface area contributed by atoms with Crippen LogP contribution < -0.4 is 0 Å². The number of nitriles is 1. The topological polar surface area (TPSA) is 67.4 Å². The first-order valence-electron chi connectivity index (χ1n) is 6.26. The average molecular weight is 296 g/mol. The molecule has 0 bridgehead atoms. The molecule has 21 heavy (non-hydrogen) atoms. The third-order valence-electron chi connectivity index (χ3n) is 3.00. The van der Waals surface area contributed by atoms with Gasteiger partial charge in [-0.25, -0.2) is 0 Å². The molecule has 102 valence electrons. The van der Waals surface area contributed by atoms with Crippen molar-refractivity contribution < 1.29 is 0 Å². The molecule has 0 radical (unpaired) electrons. The Kier molecular flexibility index (Phi) is 3.63. The Bertz CT molecular complexity index is 804. The summed E-state index contributed by atoms with van der Waals surface area (Å²) in [5, 5.41) is 21.6. The van der Waals surface area contributed by atoms with Gasteiger partial charge in [0.05, 0.1) is 5.56 Å². The Morgan fingerprint density at radius 2 is 1.95 bits per heavy atom. The zero-order valence-corrected chi connectivity index (χ0v) is 11.7. The number of nitrogens with zero attached hydrogens (tertiary/aromatic N) is 5. The van der Waals surface area contributed by atoms with E-state index in [1.807, 2.05) is 36.4 Å². The predicted octanol–water partition coefficient (Wildman–Crippen LogP) is 2.94. The number of tetrazole rings is 1. The van der Waals surface area contributed by atoms with Crippen LogP contribution in [0.25, 0.3) is 17.1 Å². The van der Waals surface area contributed by atoms with Crippen molar-refractivity contribution in [3.05, 3.63) is 59.7 Å². The second-order valence-corrected chi connectivity index (χ2v) is 4.63. The number of hydrogen-bond acceptors (Lipinski definition) is 4. The molecule has 2 aromatic carbocycles. The lowest BCUT2D eigenvalue weighted by Gasteiger charge is -2.03. The van der Waals surface area contributed by atoms with E-state index in [1.165, 1.54) is 4.80 Å². The van der Waals surface area contributed by atoms with E-state index >= 15 is 0 Å². The second kappa shape index (κ2) is 5.73. The Morgan fingerprint density at radius 3 is 2.67 bits per heavy atom. The summed E-state index contributed by atoms with van der Waals surface area (Å²) in [6, 6.07) is 17.0. The van der Waals surface area contributed by atoms with Gasteiger partial charge in [-0.3, -0.25) is 0 Å². The summed E-state index contributed by atoms with van der Waals surface area (Å²) in [5.41, 5.74) is 2.80. The molecule has 0 aliphatic carbocycles. The molecular weight excluding hydrogens is 286 g/mol. The van der Waals surface area contributed by atoms with Gasteiger partial charge in [0.15, 0.2) is 0 Å². The van der Waals surface area contributed by atoms with E-state index in [0.717, 1.165) is 11.1 Å². The molecule has 0 saturated heterocycles. The van der Waals surface area contributed by atoms with E-state index in [9.17, 15) is 5.26 Å². The van der Waals surface area contributed by atoms with Crippen LogP contribution in [0, 0.1) is 11.3 Å². The van der Waals surface area contributed by atoms with Crippen molar-refractivity contribution in [2.45, 2.75) is 5.88 Å². The lowest BCUT2D eigenvalue weighted by molar-refractivity contribution is 0.718. The highest BCUT2D eigenvalue weighted by Gasteiger charge is 2.11. The molecule has 3 rings (SSSR count). The van der Waals surface area contributed by atoms with E-state index in [-0.39, 0.29) is 0 Å². The van der Waals surface area contributed by atoms with Gasteiger partial charge in [-0.05, 0) is 22.9 Å². The first kappa shape index (κ1) is 13.3. The average Bonchev–Trinajstić information content (AvgIpc) is 3.04. The van der Waals surface area contributed by atoms with Crippen molar-refractivity contribution >= 4 is 11.6 Å². The molecule has 0 N–H and O–H groups in total. The monoisotopic (exact) mass is 295 g/mol. The fourth-order valence-electron chi connectivity index (χ4n) is 1.95. The lowest BCUT2D eigenvalue weighted by atomic mass is 10.1. The van der Waals surface area contributed by atoms with Gasteiger partial charge in [-0.15, -0.1) is 26.6 Å². The predicted molar refractivity (Wildman–Crippen MR) is 78.9 cm³/mol. The Balaban J connectivity index is 2.03. The second-order valence-electron chi connectivity index (χ2n) is 4.37. The highest BCUT2D eigenvalue weighted by Crippen LogP contribution is 2.18. The lowest BCUT2D eigenvalue weighted by Crippen LogP contribution is -2.02. The third-order valence-corrected chi connectivity index (χ3v) is 3.31. The minimum Gasteiger partial charge on any atom is -0.192 e. The maximum atomic E-state index is 9.24. The fourth-order valence-corrected chi connectivity index (χ4v) is 2.12. The molecule has 0 unspecified atom stereocenters. The zero-order chi connectivity index (χ0) is 14.7. The zero-order valence-electron chi connectivity index (χ0n) is 10.9. The number of hydrogen-bond donors (Lipinski definition) is 0. The van der Waals surface area contributed by atoms with Gasteiger partial charge >= 0.3 is 0 Å².